The number of aromatic nitrogens is 5. The molecular formula is C19H24ClN5O2S. The van der Waals surface area contributed by atoms with Crippen LogP contribution in [0.25, 0.3) is 11.5 Å². The Labute approximate surface area is 170 Å². The Morgan fingerprint density at radius 2 is 1.68 bits per heavy atom. The van der Waals surface area contributed by atoms with Crippen molar-refractivity contribution in [2.45, 2.75) is 49.7 Å². The monoisotopic (exact) mass is 421 g/mol. The van der Waals surface area contributed by atoms with Crippen molar-refractivity contribution in [1.29, 1.82) is 0 Å². The van der Waals surface area contributed by atoms with Gasteiger partial charge in [0.25, 0.3) is 0 Å². The van der Waals surface area contributed by atoms with Gasteiger partial charge in [0.1, 0.15) is 16.3 Å². The van der Waals surface area contributed by atoms with E-state index in [0.29, 0.717) is 16.5 Å². The summed E-state index contributed by atoms with van der Waals surface area (Å²) in [5.74, 6) is 0.663. The van der Waals surface area contributed by atoms with Crippen LogP contribution in [0, 0.1) is 0 Å². The third-order valence-corrected chi connectivity index (χ3v) is 7.41. The Bertz CT molecular complexity index is 1110. The Morgan fingerprint density at radius 1 is 1.07 bits per heavy atom. The predicted molar refractivity (Wildman–Crippen MR) is 109 cm³/mol. The van der Waals surface area contributed by atoms with Crippen molar-refractivity contribution in [2.24, 2.45) is 7.05 Å². The van der Waals surface area contributed by atoms with E-state index in [0.717, 1.165) is 5.69 Å². The lowest BCUT2D eigenvalue weighted by Gasteiger charge is -2.22. The molecule has 0 bridgehead atoms. The molecule has 0 aliphatic heterocycles. The van der Waals surface area contributed by atoms with E-state index < -0.39 is 14.6 Å². The molecule has 28 heavy (non-hydrogen) atoms. The van der Waals surface area contributed by atoms with E-state index in [1.54, 1.807) is 30.7 Å². The molecule has 0 spiro atoms. The van der Waals surface area contributed by atoms with Crippen molar-refractivity contribution < 1.29 is 8.42 Å². The second kappa shape index (κ2) is 6.70. The fraction of sp³-hybridized carbons (Fsp3) is 0.421. The van der Waals surface area contributed by atoms with E-state index in [-0.39, 0.29) is 16.1 Å². The molecule has 2 heterocycles. The molecule has 0 aliphatic rings. The molecule has 0 radical (unpaired) electrons. The molecule has 3 rings (SSSR count). The molecule has 1 aromatic carbocycles. The largest absolute Gasteiger partial charge is 0.264 e. The van der Waals surface area contributed by atoms with Gasteiger partial charge in [-0.15, -0.1) is 0 Å². The fourth-order valence-corrected chi connectivity index (χ4v) is 4.28. The highest BCUT2D eigenvalue weighted by Crippen LogP contribution is 2.34. The fourth-order valence-electron chi connectivity index (χ4n) is 2.72. The summed E-state index contributed by atoms with van der Waals surface area (Å²) in [4.78, 5) is 4.66. The van der Waals surface area contributed by atoms with Crippen LogP contribution in [0.15, 0.2) is 35.2 Å². The smallest absolute Gasteiger partial charge is 0.199 e. The van der Waals surface area contributed by atoms with Gasteiger partial charge in [-0.05, 0) is 44.2 Å². The SMILES string of the molecule is Cn1nc(C(C)(C)C)cc1-c1n[nH]c(C(C)(C)S(=O)(=O)c2ccc(Cl)cc2)n1. The standard InChI is InChI=1S/C19H24ClN5O2S/c1-18(2,3)15-11-14(25(6)24-15)16-21-17(23-22-16)19(4,5)28(26,27)13-9-7-12(20)8-10-13/h7-11H,1-6H3,(H,21,22,23). The minimum absolute atomic E-state index is 0.119. The Hall–Kier alpha value is -2.19. The molecule has 0 unspecified atom stereocenters. The summed E-state index contributed by atoms with van der Waals surface area (Å²) in [5, 5.41) is 12.1. The molecule has 0 fully saturated rings. The zero-order chi connectivity index (χ0) is 20.9. The number of halogens is 1. The Kier molecular flexibility index (Phi) is 4.92. The second-order valence-corrected chi connectivity index (χ2v) is 11.2. The zero-order valence-corrected chi connectivity index (χ0v) is 18.4. The number of benzene rings is 1. The average molecular weight is 422 g/mol. The molecule has 3 aromatic rings. The summed E-state index contributed by atoms with van der Waals surface area (Å²) in [7, 11) is -1.90. The van der Waals surface area contributed by atoms with Crippen LogP contribution < -0.4 is 0 Å². The summed E-state index contributed by atoms with van der Waals surface area (Å²) in [6, 6.07) is 8.02. The molecule has 7 nitrogen and oxygen atoms in total. The lowest BCUT2D eigenvalue weighted by molar-refractivity contribution is 0.544. The number of nitrogens with zero attached hydrogens (tertiary/aromatic N) is 4. The number of rotatable bonds is 4. The van der Waals surface area contributed by atoms with E-state index in [9.17, 15) is 8.42 Å². The van der Waals surface area contributed by atoms with Crippen LogP contribution in [0.1, 0.15) is 46.1 Å². The Morgan fingerprint density at radius 3 is 2.21 bits per heavy atom. The van der Waals surface area contributed by atoms with Gasteiger partial charge >= 0.3 is 0 Å². The molecular weight excluding hydrogens is 398 g/mol. The van der Waals surface area contributed by atoms with Crippen LogP contribution in [0.5, 0.6) is 0 Å². The lowest BCUT2D eigenvalue weighted by Crippen LogP contribution is -2.30. The molecule has 0 atom stereocenters. The summed E-state index contributed by atoms with van der Waals surface area (Å²) < 4.78 is 26.7. The number of nitrogens with one attached hydrogen (secondary N) is 1. The van der Waals surface area contributed by atoms with Crippen LogP contribution in [0.4, 0.5) is 0 Å². The number of H-pyrrole nitrogens is 1. The summed E-state index contributed by atoms with van der Waals surface area (Å²) in [6.45, 7) is 9.43. The summed E-state index contributed by atoms with van der Waals surface area (Å²) in [6.07, 6.45) is 0. The van der Waals surface area contributed by atoms with E-state index >= 15 is 0 Å². The van der Waals surface area contributed by atoms with Crippen LogP contribution in [0.2, 0.25) is 5.02 Å². The number of sulfone groups is 1. The third-order valence-electron chi connectivity index (χ3n) is 4.73. The predicted octanol–water partition coefficient (Wildman–Crippen LogP) is 3.87. The molecule has 0 amide bonds. The van der Waals surface area contributed by atoms with Crippen LogP contribution in [-0.4, -0.2) is 33.4 Å². The molecule has 0 saturated carbocycles. The normalized spacial score (nSPS) is 13.1. The summed E-state index contributed by atoms with van der Waals surface area (Å²) in [5.41, 5.74) is 1.50. The van der Waals surface area contributed by atoms with Gasteiger partial charge in [0.2, 0.25) is 0 Å². The first-order valence-corrected chi connectivity index (χ1v) is 10.7. The molecule has 150 valence electrons. The molecule has 9 heteroatoms. The van der Waals surface area contributed by atoms with Gasteiger partial charge in [0.05, 0.1) is 10.6 Å². The van der Waals surface area contributed by atoms with Crippen molar-refractivity contribution in [2.75, 3.05) is 0 Å². The summed E-state index contributed by atoms with van der Waals surface area (Å²) >= 11 is 5.88. The van der Waals surface area contributed by atoms with Gasteiger partial charge in [-0.1, -0.05) is 32.4 Å². The highest BCUT2D eigenvalue weighted by molar-refractivity contribution is 7.92. The first-order chi connectivity index (χ1) is 12.8. The molecule has 2 aromatic heterocycles. The van der Waals surface area contributed by atoms with Crippen molar-refractivity contribution >= 4 is 21.4 Å². The average Bonchev–Trinajstić information content (AvgIpc) is 3.21. The van der Waals surface area contributed by atoms with Crippen molar-refractivity contribution in [3.8, 4) is 11.5 Å². The van der Waals surface area contributed by atoms with Crippen LogP contribution in [0.3, 0.4) is 0 Å². The number of aromatic amines is 1. The highest BCUT2D eigenvalue weighted by atomic mass is 35.5. The van der Waals surface area contributed by atoms with Gasteiger partial charge < -0.3 is 0 Å². The molecule has 1 N–H and O–H groups in total. The number of hydrogen-bond donors (Lipinski definition) is 1. The quantitative estimate of drug-likeness (QED) is 0.690. The zero-order valence-electron chi connectivity index (χ0n) is 16.8. The van der Waals surface area contributed by atoms with E-state index in [2.05, 4.69) is 41.1 Å². The van der Waals surface area contributed by atoms with Gasteiger partial charge in [-0.25, -0.2) is 13.4 Å². The maximum absolute atomic E-state index is 13.2. The van der Waals surface area contributed by atoms with Crippen LogP contribution in [-0.2, 0) is 27.0 Å². The minimum atomic E-state index is -3.72. The molecule has 0 saturated heterocycles. The number of hydrogen-bond acceptors (Lipinski definition) is 5. The first kappa shape index (κ1) is 20.5. The van der Waals surface area contributed by atoms with E-state index in [1.165, 1.54) is 12.1 Å². The van der Waals surface area contributed by atoms with Crippen molar-refractivity contribution in [1.82, 2.24) is 25.0 Å². The topological polar surface area (TPSA) is 93.5 Å². The maximum atomic E-state index is 13.2. The lowest BCUT2D eigenvalue weighted by atomic mass is 9.92. The van der Waals surface area contributed by atoms with Gasteiger partial charge in [-0.3, -0.25) is 9.78 Å². The van der Waals surface area contributed by atoms with E-state index in [1.807, 2.05) is 13.1 Å². The van der Waals surface area contributed by atoms with E-state index in [4.69, 9.17) is 11.6 Å². The second-order valence-electron chi connectivity index (χ2n) is 8.26. The maximum Gasteiger partial charge on any atom is 0.199 e. The van der Waals surface area contributed by atoms with Gasteiger partial charge in [0.15, 0.2) is 15.7 Å². The van der Waals surface area contributed by atoms with Crippen molar-refractivity contribution in [3.63, 3.8) is 0 Å². The van der Waals surface area contributed by atoms with Gasteiger partial charge in [0, 0.05) is 17.5 Å². The first-order valence-electron chi connectivity index (χ1n) is 8.82. The number of aryl methyl sites for hydroxylation is 1. The molecule has 0 aliphatic carbocycles. The highest BCUT2D eigenvalue weighted by Gasteiger charge is 2.40. The van der Waals surface area contributed by atoms with Crippen molar-refractivity contribution in [3.05, 3.63) is 46.9 Å². The van der Waals surface area contributed by atoms with Crippen LogP contribution >= 0.6 is 11.6 Å². The van der Waals surface area contributed by atoms with Gasteiger partial charge in [-0.2, -0.15) is 10.2 Å². The third kappa shape index (κ3) is 3.46. The Balaban J connectivity index is 2.01. The minimum Gasteiger partial charge on any atom is -0.264 e.